The van der Waals surface area contributed by atoms with Gasteiger partial charge >= 0.3 is 0 Å². The van der Waals surface area contributed by atoms with Gasteiger partial charge < -0.3 is 0 Å². The van der Waals surface area contributed by atoms with Gasteiger partial charge in [-0.05, 0) is 6.42 Å². The van der Waals surface area contributed by atoms with Crippen molar-refractivity contribution in [1.29, 1.82) is 0 Å². The predicted octanol–water partition coefficient (Wildman–Crippen LogP) is 1.91. The first-order valence-electron chi connectivity index (χ1n) is 3.04. The molecule has 4 heteroatoms. The van der Waals surface area contributed by atoms with E-state index in [0.29, 0.717) is 5.57 Å². The van der Waals surface area contributed by atoms with E-state index in [4.69, 9.17) is 10.7 Å². The highest BCUT2D eigenvalue weighted by atomic mass is 35.7. The predicted molar refractivity (Wildman–Crippen MR) is 43.7 cm³/mol. The molecule has 0 atom stereocenters. The summed E-state index contributed by atoms with van der Waals surface area (Å²) in [5, 5.41) is 0. The number of hydrogen-bond donors (Lipinski definition) is 0. The van der Waals surface area contributed by atoms with Crippen LogP contribution in [0.5, 0.6) is 0 Å². The molecule has 2 nitrogen and oxygen atoms in total. The summed E-state index contributed by atoms with van der Waals surface area (Å²) in [6, 6.07) is 0. The number of hydrogen-bond acceptors (Lipinski definition) is 2. The summed E-state index contributed by atoms with van der Waals surface area (Å²) < 4.78 is 20.8. The van der Waals surface area contributed by atoms with Crippen LogP contribution in [0, 0.1) is 0 Å². The third-order valence-electron chi connectivity index (χ3n) is 0.980. The van der Waals surface area contributed by atoms with E-state index in [9.17, 15) is 8.42 Å². The SMILES string of the molecule is C=C(CCC)CS(=O)(=O)Cl. The minimum atomic E-state index is -3.37. The van der Waals surface area contributed by atoms with Crippen molar-refractivity contribution >= 4 is 19.7 Å². The molecule has 0 amide bonds. The van der Waals surface area contributed by atoms with Gasteiger partial charge in [-0.1, -0.05) is 25.5 Å². The van der Waals surface area contributed by atoms with E-state index in [0.717, 1.165) is 12.8 Å². The van der Waals surface area contributed by atoms with Crippen LogP contribution in [0.25, 0.3) is 0 Å². The quantitative estimate of drug-likeness (QED) is 0.492. The first-order valence-corrected chi connectivity index (χ1v) is 5.52. The molecule has 0 aliphatic rings. The van der Waals surface area contributed by atoms with Gasteiger partial charge in [0.2, 0.25) is 9.05 Å². The molecule has 0 heterocycles. The van der Waals surface area contributed by atoms with E-state index in [1.54, 1.807) is 0 Å². The average Bonchev–Trinajstić information content (AvgIpc) is 1.59. The number of rotatable bonds is 4. The Bertz CT molecular complexity index is 206. The first kappa shape index (κ1) is 9.98. The van der Waals surface area contributed by atoms with Crippen molar-refractivity contribution in [2.24, 2.45) is 0 Å². The van der Waals surface area contributed by atoms with Crippen molar-refractivity contribution in [2.75, 3.05) is 5.75 Å². The third-order valence-corrected chi connectivity index (χ3v) is 2.06. The van der Waals surface area contributed by atoms with Crippen LogP contribution in [0.2, 0.25) is 0 Å². The van der Waals surface area contributed by atoms with Crippen molar-refractivity contribution in [1.82, 2.24) is 0 Å². The molecule has 0 aromatic rings. The second-order valence-corrected chi connectivity index (χ2v) is 4.96. The van der Waals surface area contributed by atoms with Crippen molar-refractivity contribution in [3.63, 3.8) is 0 Å². The summed E-state index contributed by atoms with van der Waals surface area (Å²) in [5.41, 5.74) is 0.678. The van der Waals surface area contributed by atoms with Crippen LogP contribution < -0.4 is 0 Å². The van der Waals surface area contributed by atoms with Gasteiger partial charge in [0, 0.05) is 10.7 Å². The molecular weight excluding hydrogens is 172 g/mol. The molecule has 0 radical (unpaired) electrons. The van der Waals surface area contributed by atoms with Gasteiger partial charge in [0.05, 0.1) is 5.75 Å². The summed E-state index contributed by atoms with van der Waals surface area (Å²) in [6.07, 6.45) is 1.64. The average molecular weight is 183 g/mol. The molecule has 0 aromatic carbocycles. The molecule has 0 saturated carbocycles. The highest BCUT2D eigenvalue weighted by molar-refractivity contribution is 8.13. The lowest BCUT2D eigenvalue weighted by molar-refractivity contribution is 0.610. The van der Waals surface area contributed by atoms with Gasteiger partial charge in [-0.25, -0.2) is 8.42 Å². The molecule has 0 rings (SSSR count). The van der Waals surface area contributed by atoms with E-state index in [2.05, 4.69) is 6.58 Å². The van der Waals surface area contributed by atoms with Crippen LogP contribution in [0.4, 0.5) is 0 Å². The van der Waals surface area contributed by atoms with Crippen molar-refractivity contribution in [3.8, 4) is 0 Å². The fourth-order valence-electron chi connectivity index (χ4n) is 0.670. The summed E-state index contributed by atoms with van der Waals surface area (Å²) in [7, 11) is 1.60. The normalized spacial score (nSPS) is 11.4. The summed E-state index contributed by atoms with van der Waals surface area (Å²) in [5.74, 6) is -0.0948. The molecule has 60 valence electrons. The fraction of sp³-hybridized carbons (Fsp3) is 0.667. The fourth-order valence-corrected chi connectivity index (χ4v) is 1.76. The Morgan fingerprint density at radius 1 is 1.60 bits per heavy atom. The molecule has 0 aliphatic carbocycles. The zero-order valence-corrected chi connectivity index (χ0v) is 7.50. The summed E-state index contributed by atoms with van der Waals surface area (Å²) in [4.78, 5) is 0. The Morgan fingerprint density at radius 2 is 2.10 bits per heavy atom. The monoisotopic (exact) mass is 182 g/mol. The Morgan fingerprint density at radius 3 is 2.40 bits per heavy atom. The van der Waals surface area contributed by atoms with E-state index >= 15 is 0 Å². The largest absolute Gasteiger partial charge is 0.236 e. The summed E-state index contributed by atoms with van der Waals surface area (Å²) >= 11 is 0. The van der Waals surface area contributed by atoms with Crippen LogP contribution in [-0.4, -0.2) is 14.2 Å². The van der Waals surface area contributed by atoms with Gasteiger partial charge in [-0.2, -0.15) is 0 Å². The Labute approximate surface area is 66.3 Å². The molecule has 0 fully saturated rings. The molecule has 0 aromatic heterocycles. The molecule has 10 heavy (non-hydrogen) atoms. The molecule has 0 N–H and O–H groups in total. The highest BCUT2D eigenvalue weighted by Crippen LogP contribution is 2.08. The Hall–Kier alpha value is -0.0200. The van der Waals surface area contributed by atoms with Crippen LogP contribution in [0.1, 0.15) is 19.8 Å². The second-order valence-electron chi connectivity index (χ2n) is 2.18. The number of halogens is 1. The van der Waals surface area contributed by atoms with E-state index < -0.39 is 9.05 Å². The third kappa shape index (κ3) is 6.11. The lowest BCUT2D eigenvalue weighted by Crippen LogP contribution is -1.99. The van der Waals surface area contributed by atoms with Crippen molar-refractivity contribution in [2.45, 2.75) is 19.8 Å². The minimum Gasteiger partial charge on any atom is -0.212 e. The second kappa shape index (κ2) is 3.98. The molecule has 0 saturated heterocycles. The molecule has 0 aliphatic heterocycles. The highest BCUT2D eigenvalue weighted by Gasteiger charge is 2.06. The smallest absolute Gasteiger partial charge is 0.212 e. The van der Waals surface area contributed by atoms with E-state index in [1.165, 1.54) is 0 Å². The maximum absolute atomic E-state index is 10.4. The van der Waals surface area contributed by atoms with Crippen LogP contribution in [-0.2, 0) is 9.05 Å². The van der Waals surface area contributed by atoms with Gasteiger partial charge in [0.1, 0.15) is 0 Å². The van der Waals surface area contributed by atoms with E-state index in [-0.39, 0.29) is 5.75 Å². The van der Waals surface area contributed by atoms with Gasteiger partial charge in [0.25, 0.3) is 0 Å². The Balaban J connectivity index is 3.82. The minimum absolute atomic E-state index is 0.0948. The standard InChI is InChI=1S/C6H11ClO2S/c1-3-4-6(2)5-10(7,8)9/h2-5H2,1H3. The lowest BCUT2D eigenvalue weighted by atomic mass is 10.2. The van der Waals surface area contributed by atoms with Gasteiger partial charge in [-0.3, -0.25) is 0 Å². The van der Waals surface area contributed by atoms with E-state index in [1.807, 2.05) is 6.92 Å². The van der Waals surface area contributed by atoms with Gasteiger partial charge in [0.15, 0.2) is 0 Å². The molecule has 0 unspecified atom stereocenters. The lowest BCUT2D eigenvalue weighted by Gasteiger charge is -1.98. The maximum atomic E-state index is 10.4. The molecule has 0 spiro atoms. The van der Waals surface area contributed by atoms with Crippen LogP contribution in [0.3, 0.4) is 0 Å². The molecule has 0 bridgehead atoms. The first-order chi connectivity index (χ1) is 4.45. The zero-order chi connectivity index (χ0) is 8.20. The summed E-state index contributed by atoms with van der Waals surface area (Å²) in [6.45, 7) is 5.53. The van der Waals surface area contributed by atoms with Crippen molar-refractivity contribution in [3.05, 3.63) is 12.2 Å². The maximum Gasteiger partial charge on any atom is 0.236 e. The van der Waals surface area contributed by atoms with Crippen molar-refractivity contribution < 1.29 is 8.42 Å². The molecular formula is C6H11ClO2S. The van der Waals surface area contributed by atoms with Crippen LogP contribution in [0.15, 0.2) is 12.2 Å². The zero-order valence-electron chi connectivity index (χ0n) is 5.93. The van der Waals surface area contributed by atoms with Gasteiger partial charge in [-0.15, -0.1) is 0 Å². The topological polar surface area (TPSA) is 34.1 Å². The Kier molecular flexibility index (Phi) is 3.98. The van der Waals surface area contributed by atoms with Crippen LogP contribution >= 0.6 is 10.7 Å².